The van der Waals surface area contributed by atoms with Gasteiger partial charge >= 0.3 is 0 Å². The van der Waals surface area contributed by atoms with Gasteiger partial charge in [-0.25, -0.2) is 0 Å². The molecule has 3 aliphatic heterocycles. The number of hydrogen-bond donors (Lipinski definition) is 12. The number of ether oxygens (including phenoxy) is 6. The first-order valence-corrected chi connectivity index (χ1v) is 33.2. The maximum atomic E-state index is 13.3. The Morgan fingerprint density at radius 2 is 0.814 bits per heavy atom. The molecule has 17 atom stereocenters. The Hall–Kier alpha value is -2.77. The fraction of sp³-hybridized carbons (Fsp3) is 0.806. The van der Waals surface area contributed by atoms with Crippen LogP contribution in [0.2, 0.25) is 0 Å². The molecule has 12 N–H and O–H groups in total. The molecule has 0 saturated carbocycles. The van der Waals surface area contributed by atoms with Crippen molar-refractivity contribution in [2.75, 3.05) is 26.4 Å². The number of unbranched alkanes of at least 4 members (excludes halogenated alkanes) is 23. The van der Waals surface area contributed by atoms with E-state index in [0.29, 0.717) is 12.8 Å². The van der Waals surface area contributed by atoms with E-state index in [1.165, 1.54) is 122 Å². The van der Waals surface area contributed by atoms with E-state index in [-0.39, 0.29) is 18.9 Å². The SMILES string of the molecule is CC/C=C/CC/C=C/CC/C=C/C(O)C(COC1OC(CO)C(OC2OC(CO)C(OC3OC(CO)C(O)C(O)C3O)C(O)C2O)C(O)C1O)NC(=O)CCCCCCCCCCCCCCCCCC/C=C\C/C=C\C/C=C\CCCCCCC. The van der Waals surface area contributed by atoms with Crippen LogP contribution < -0.4 is 5.32 Å². The van der Waals surface area contributed by atoms with E-state index >= 15 is 0 Å². The van der Waals surface area contributed by atoms with Crippen molar-refractivity contribution in [3.05, 3.63) is 72.9 Å². The van der Waals surface area contributed by atoms with Gasteiger partial charge in [-0.1, -0.05) is 202 Å². The van der Waals surface area contributed by atoms with Crippen LogP contribution in [0.25, 0.3) is 0 Å². The maximum absolute atomic E-state index is 13.3. The van der Waals surface area contributed by atoms with E-state index in [4.69, 9.17) is 28.4 Å². The minimum Gasteiger partial charge on any atom is -0.394 e. The maximum Gasteiger partial charge on any atom is 0.220 e. The van der Waals surface area contributed by atoms with Crippen molar-refractivity contribution in [3.8, 4) is 0 Å². The van der Waals surface area contributed by atoms with E-state index in [0.717, 1.165) is 57.8 Å². The highest BCUT2D eigenvalue weighted by Gasteiger charge is 2.53. The Labute approximate surface area is 515 Å². The van der Waals surface area contributed by atoms with Crippen molar-refractivity contribution in [2.24, 2.45) is 0 Å². The fourth-order valence-electron chi connectivity index (χ4n) is 10.8. The minimum atomic E-state index is -1.98. The number of aliphatic hydroxyl groups excluding tert-OH is 11. The van der Waals surface area contributed by atoms with Gasteiger partial charge in [0.25, 0.3) is 0 Å². The number of rotatable bonds is 49. The summed E-state index contributed by atoms with van der Waals surface area (Å²) < 4.78 is 34.2. The predicted octanol–water partition coefficient (Wildman–Crippen LogP) is 7.77. The van der Waals surface area contributed by atoms with E-state index in [2.05, 4.69) is 79.9 Å². The van der Waals surface area contributed by atoms with Gasteiger partial charge in [0.05, 0.1) is 38.6 Å². The van der Waals surface area contributed by atoms with Crippen LogP contribution in [0.15, 0.2) is 72.9 Å². The molecule has 0 aromatic rings. The number of amides is 1. The Kier molecular flexibility index (Phi) is 44.1. The van der Waals surface area contributed by atoms with Crippen molar-refractivity contribution in [3.63, 3.8) is 0 Å². The van der Waals surface area contributed by atoms with Gasteiger partial charge in [-0.2, -0.15) is 0 Å². The average molecular weight is 1220 g/mol. The number of carbonyl (C=O) groups excluding carboxylic acids is 1. The molecule has 0 bridgehead atoms. The molecular weight excluding hydrogens is 1110 g/mol. The molecule has 0 aliphatic carbocycles. The number of carbonyl (C=O) groups is 1. The summed E-state index contributed by atoms with van der Waals surface area (Å²) in [5.41, 5.74) is 0. The molecule has 498 valence electrons. The third-order valence-electron chi connectivity index (χ3n) is 16.2. The summed E-state index contributed by atoms with van der Waals surface area (Å²) in [4.78, 5) is 13.3. The second-order valence-corrected chi connectivity index (χ2v) is 23.5. The third-order valence-corrected chi connectivity index (χ3v) is 16.2. The molecule has 0 aromatic carbocycles. The highest BCUT2D eigenvalue weighted by molar-refractivity contribution is 5.76. The van der Waals surface area contributed by atoms with Gasteiger partial charge in [0.2, 0.25) is 5.91 Å². The average Bonchev–Trinajstić information content (AvgIpc) is 2.05. The lowest BCUT2D eigenvalue weighted by Gasteiger charge is -2.48. The van der Waals surface area contributed by atoms with Crippen molar-refractivity contribution in [1.82, 2.24) is 5.32 Å². The number of nitrogens with one attached hydrogen (secondary N) is 1. The molecule has 0 aromatic heterocycles. The second-order valence-electron chi connectivity index (χ2n) is 23.5. The topological polar surface area (TPSA) is 307 Å². The highest BCUT2D eigenvalue weighted by atomic mass is 16.8. The Morgan fingerprint density at radius 3 is 1.29 bits per heavy atom. The van der Waals surface area contributed by atoms with E-state index in [9.17, 15) is 61.0 Å². The zero-order valence-corrected chi connectivity index (χ0v) is 52.3. The number of aliphatic hydroxyl groups is 11. The van der Waals surface area contributed by atoms with Gasteiger partial charge in [-0.3, -0.25) is 4.79 Å². The van der Waals surface area contributed by atoms with E-state index < -0.39 is 124 Å². The molecule has 0 radical (unpaired) electrons. The molecule has 1 amide bonds. The number of hydrogen-bond acceptors (Lipinski definition) is 18. The summed E-state index contributed by atoms with van der Waals surface area (Å²) in [6.07, 6.45) is 33.5. The molecule has 3 fully saturated rings. The quantitative estimate of drug-likeness (QED) is 0.0204. The zero-order valence-electron chi connectivity index (χ0n) is 52.3. The lowest BCUT2D eigenvalue weighted by Crippen LogP contribution is -2.66. The lowest BCUT2D eigenvalue weighted by atomic mass is 9.96. The summed E-state index contributed by atoms with van der Waals surface area (Å²) in [6.45, 7) is 1.54. The Bertz CT molecular complexity index is 1850. The normalized spacial score (nSPS) is 29.2. The van der Waals surface area contributed by atoms with Crippen LogP contribution in [-0.4, -0.2) is 193 Å². The molecule has 0 spiro atoms. The van der Waals surface area contributed by atoms with Crippen LogP contribution in [0.5, 0.6) is 0 Å². The molecule has 17 unspecified atom stereocenters. The van der Waals surface area contributed by atoms with Gasteiger partial charge in [0.1, 0.15) is 73.2 Å². The van der Waals surface area contributed by atoms with Crippen LogP contribution >= 0.6 is 0 Å². The molecule has 3 saturated heterocycles. The van der Waals surface area contributed by atoms with Crippen LogP contribution in [0.1, 0.15) is 213 Å². The lowest BCUT2D eigenvalue weighted by molar-refractivity contribution is -0.379. The molecule has 3 rings (SSSR count). The van der Waals surface area contributed by atoms with Crippen LogP contribution in [-0.2, 0) is 33.2 Å². The molecular formula is C67H117NO18. The van der Waals surface area contributed by atoms with Gasteiger partial charge < -0.3 is 89.9 Å². The monoisotopic (exact) mass is 1220 g/mol. The van der Waals surface area contributed by atoms with Crippen LogP contribution in [0, 0.1) is 0 Å². The summed E-state index contributed by atoms with van der Waals surface area (Å²) in [6, 6.07) is -0.997. The fourth-order valence-corrected chi connectivity index (χ4v) is 10.8. The van der Waals surface area contributed by atoms with Crippen molar-refractivity contribution >= 4 is 5.91 Å². The van der Waals surface area contributed by atoms with Gasteiger partial charge in [-0.05, 0) is 77.0 Å². The first kappa shape index (κ1) is 77.5. The molecule has 3 aliphatic rings. The molecule has 19 nitrogen and oxygen atoms in total. The standard InChI is InChI=1S/C67H117NO18/c1-3-5-7-9-11-13-15-16-17-18-19-20-21-22-23-24-25-26-27-28-29-30-31-32-33-34-35-37-39-41-43-45-55(73)68-50(51(72)44-42-40-38-36-14-12-10-8-6-4-2)49-81-65-61(79)58(76)63(53(47-70)83-65)86-67-62(80)59(77)64(54(48-71)84-67)85-66-60(78)57(75)56(74)52(46-69)82-66/h6,8,14-16,18-19,21-22,36,42,44,50-54,56-67,69-72,74-80H,3-5,7,9-13,17,20,23-35,37-41,43,45-49H2,1-2H3,(H,68,73)/b8-6+,16-15-,19-18-,22-21-,36-14+,44-42+. The Morgan fingerprint density at radius 1 is 0.430 bits per heavy atom. The second kappa shape index (κ2) is 49.0. The third kappa shape index (κ3) is 31.3. The smallest absolute Gasteiger partial charge is 0.220 e. The van der Waals surface area contributed by atoms with Crippen molar-refractivity contribution in [2.45, 2.75) is 317 Å². The molecule has 3 heterocycles. The number of allylic oxidation sites excluding steroid dienone is 11. The summed E-state index contributed by atoms with van der Waals surface area (Å²) in [5, 5.41) is 120. The Balaban J connectivity index is 1.36. The van der Waals surface area contributed by atoms with Gasteiger partial charge in [0.15, 0.2) is 18.9 Å². The molecule has 19 heteroatoms. The van der Waals surface area contributed by atoms with Crippen LogP contribution in [0.3, 0.4) is 0 Å². The van der Waals surface area contributed by atoms with Crippen molar-refractivity contribution in [1.29, 1.82) is 0 Å². The largest absolute Gasteiger partial charge is 0.394 e. The predicted molar refractivity (Wildman–Crippen MR) is 332 cm³/mol. The molecule has 86 heavy (non-hydrogen) atoms. The summed E-state index contributed by atoms with van der Waals surface area (Å²) in [5.74, 6) is -0.294. The first-order chi connectivity index (χ1) is 41.8. The highest BCUT2D eigenvalue weighted by Crippen LogP contribution is 2.33. The van der Waals surface area contributed by atoms with E-state index in [1.54, 1.807) is 6.08 Å². The van der Waals surface area contributed by atoms with Gasteiger partial charge in [0, 0.05) is 6.42 Å². The summed E-state index contributed by atoms with van der Waals surface area (Å²) >= 11 is 0. The first-order valence-electron chi connectivity index (χ1n) is 33.2. The zero-order chi connectivity index (χ0) is 62.6. The van der Waals surface area contributed by atoms with Crippen molar-refractivity contribution < 1.29 is 89.4 Å². The van der Waals surface area contributed by atoms with Gasteiger partial charge in [-0.15, -0.1) is 0 Å². The van der Waals surface area contributed by atoms with E-state index in [1.807, 2.05) is 6.08 Å². The minimum absolute atomic E-state index is 0.229. The summed E-state index contributed by atoms with van der Waals surface area (Å²) in [7, 11) is 0. The van der Waals surface area contributed by atoms with Crippen LogP contribution in [0.4, 0.5) is 0 Å².